The Morgan fingerprint density at radius 3 is 2.59 bits per heavy atom. The number of para-hydroxylation sites is 1. The molecule has 2 N–H and O–H groups in total. The lowest BCUT2D eigenvalue weighted by Crippen LogP contribution is -2.04. The van der Waals surface area contributed by atoms with Gasteiger partial charge in [-0.25, -0.2) is 9.97 Å². The second-order valence-electron chi connectivity index (χ2n) is 7.37. The number of imidazole rings is 2. The second kappa shape index (κ2) is 8.38. The van der Waals surface area contributed by atoms with Crippen LogP contribution in [0.25, 0.3) is 22.6 Å². The Bertz CT molecular complexity index is 1490. The van der Waals surface area contributed by atoms with Crippen LogP contribution in [0.1, 0.15) is 5.69 Å². The Labute approximate surface area is 196 Å². The highest BCUT2D eigenvalue weighted by Crippen LogP contribution is 2.32. The highest BCUT2D eigenvalue weighted by molar-refractivity contribution is 6.33. The van der Waals surface area contributed by atoms with Gasteiger partial charge in [-0.05, 0) is 30.3 Å². The van der Waals surface area contributed by atoms with Crippen molar-refractivity contribution in [2.24, 2.45) is 7.05 Å². The molecule has 0 aliphatic carbocycles. The number of aromatic amines is 1. The first-order valence-corrected chi connectivity index (χ1v) is 10.4. The standard InChI is InChI=1S/C23H16ClF3N6O/c1-33-19-7-6-13(10-17(19)31-22(33)30-16-5-3-2-4-15(16)24)34-14-8-9-28-18(11-14)21-29-12-20(32-21)23(25,26)27/h2-12H,1H3,(H,29,32)(H,30,31). The maximum atomic E-state index is 12.8. The summed E-state index contributed by atoms with van der Waals surface area (Å²) >= 11 is 6.23. The SMILES string of the molecule is Cn1c(Nc2ccccc2Cl)nc2cc(Oc3ccnc(-c4ncc(C(F)(F)F)[nH]4)c3)ccc21. The quantitative estimate of drug-likeness (QED) is 0.295. The average Bonchev–Trinajstić information content (AvgIpc) is 3.41. The van der Waals surface area contributed by atoms with Gasteiger partial charge in [0.2, 0.25) is 5.95 Å². The van der Waals surface area contributed by atoms with Gasteiger partial charge in [-0.3, -0.25) is 4.98 Å². The summed E-state index contributed by atoms with van der Waals surface area (Å²) in [6.45, 7) is 0. The largest absolute Gasteiger partial charge is 0.457 e. The highest BCUT2D eigenvalue weighted by atomic mass is 35.5. The molecule has 11 heteroatoms. The molecule has 5 aromatic rings. The van der Waals surface area contributed by atoms with E-state index in [1.165, 1.54) is 12.3 Å². The molecule has 2 aromatic carbocycles. The van der Waals surface area contributed by atoms with Gasteiger partial charge in [-0.1, -0.05) is 23.7 Å². The highest BCUT2D eigenvalue weighted by Gasteiger charge is 2.33. The smallest absolute Gasteiger partial charge is 0.432 e. The topological polar surface area (TPSA) is 80.7 Å². The van der Waals surface area contributed by atoms with Gasteiger partial charge in [0.25, 0.3) is 0 Å². The molecule has 3 heterocycles. The molecule has 0 aliphatic heterocycles. The number of fused-ring (bicyclic) bond motifs is 1. The Hall–Kier alpha value is -4.05. The van der Waals surface area contributed by atoms with Gasteiger partial charge in [-0.2, -0.15) is 13.2 Å². The number of alkyl halides is 3. The molecular formula is C23H16ClF3N6O. The number of benzene rings is 2. The third kappa shape index (κ3) is 4.27. The molecule has 0 radical (unpaired) electrons. The van der Waals surface area contributed by atoms with Crippen molar-refractivity contribution in [3.8, 4) is 23.0 Å². The van der Waals surface area contributed by atoms with Crippen molar-refractivity contribution in [3.63, 3.8) is 0 Å². The predicted molar refractivity (Wildman–Crippen MR) is 122 cm³/mol. The van der Waals surface area contributed by atoms with Crippen LogP contribution in [0.3, 0.4) is 0 Å². The van der Waals surface area contributed by atoms with Gasteiger partial charge in [-0.15, -0.1) is 0 Å². The van der Waals surface area contributed by atoms with Crippen molar-refractivity contribution >= 4 is 34.3 Å². The zero-order valence-electron chi connectivity index (χ0n) is 17.6. The van der Waals surface area contributed by atoms with Crippen molar-refractivity contribution in [1.29, 1.82) is 0 Å². The number of anilines is 2. The molecule has 0 saturated carbocycles. The number of hydrogen-bond acceptors (Lipinski definition) is 5. The van der Waals surface area contributed by atoms with Gasteiger partial charge in [0.05, 0.1) is 27.9 Å². The van der Waals surface area contributed by atoms with Gasteiger partial charge in [0, 0.05) is 25.4 Å². The molecule has 0 aliphatic rings. The number of hydrogen-bond donors (Lipinski definition) is 2. The van der Waals surface area contributed by atoms with Crippen LogP contribution >= 0.6 is 11.6 Å². The van der Waals surface area contributed by atoms with Crippen molar-refractivity contribution in [1.82, 2.24) is 24.5 Å². The minimum absolute atomic E-state index is 0.00626. The minimum Gasteiger partial charge on any atom is -0.457 e. The van der Waals surface area contributed by atoms with E-state index in [1.54, 1.807) is 24.3 Å². The Morgan fingerprint density at radius 2 is 1.82 bits per heavy atom. The van der Waals surface area contributed by atoms with Gasteiger partial charge in [0.1, 0.15) is 22.9 Å². The monoisotopic (exact) mass is 484 g/mol. The van der Waals surface area contributed by atoms with E-state index in [9.17, 15) is 13.2 Å². The molecule has 0 unspecified atom stereocenters. The number of rotatable bonds is 5. The molecule has 3 aromatic heterocycles. The molecule has 0 bridgehead atoms. The summed E-state index contributed by atoms with van der Waals surface area (Å²) in [5.74, 6) is 1.49. The molecule has 172 valence electrons. The predicted octanol–water partition coefficient (Wildman–Crippen LogP) is 6.57. The number of nitrogens with one attached hydrogen (secondary N) is 2. The average molecular weight is 485 g/mol. The third-order valence-electron chi connectivity index (χ3n) is 5.06. The number of nitrogens with zero attached hydrogens (tertiary/aromatic N) is 4. The van der Waals surface area contributed by atoms with Crippen LogP contribution < -0.4 is 10.1 Å². The van der Waals surface area contributed by atoms with E-state index in [2.05, 4.69) is 25.3 Å². The van der Waals surface area contributed by atoms with E-state index in [1.807, 2.05) is 35.9 Å². The van der Waals surface area contributed by atoms with Gasteiger partial charge in [0.15, 0.2) is 5.82 Å². The van der Waals surface area contributed by atoms with E-state index < -0.39 is 11.9 Å². The molecule has 5 rings (SSSR count). The van der Waals surface area contributed by atoms with Crippen LogP contribution in [-0.4, -0.2) is 24.5 Å². The molecule has 34 heavy (non-hydrogen) atoms. The number of halogens is 4. The lowest BCUT2D eigenvalue weighted by molar-refractivity contribution is -0.140. The number of pyridine rings is 1. The Morgan fingerprint density at radius 1 is 1.03 bits per heavy atom. The van der Waals surface area contributed by atoms with E-state index in [0.717, 1.165) is 17.4 Å². The van der Waals surface area contributed by atoms with E-state index >= 15 is 0 Å². The summed E-state index contributed by atoms with van der Waals surface area (Å²) in [4.78, 5) is 14.7. The summed E-state index contributed by atoms with van der Waals surface area (Å²) in [5.41, 5.74) is 1.56. The Kier molecular flexibility index (Phi) is 5.37. The first-order valence-electron chi connectivity index (χ1n) is 10.0. The van der Waals surface area contributed by atoms with Crippen molar-refractivity contribution in [2.45, 2.75) is 6.18 Å². The Balaban J connectivity index is 1.40. The van der Waals surface area contributed by atoms with Crippen LogP contribution in [0.4, 0.5) is 24.8 Å². The molecule has 0 fully saturated rings. The third-order valence-corrected chi connectivity index (χ3v) is 5.39. The fraction of sp³-hybridized carbons (Fsp3) is 0.0870. The van der Waals surface area contributed by atoms with Crippen LogP contribution in [0.15, 0.2) is 67.0 Å². The first kappa shape index (κ1) is 21.8. The molecular weight excluding hydrogens is 469 g/mol. The lowest BCUT2D eigenvalue weighted by atomic mass is 10.3. The summed E-state index contributed by atoms with van der Waals surface area (Å²) in [5, 5.41) is 3.79. The summed E-state index contributed by atoms with van der Waals surface area (Å²) in [6.07, 6.45) is -2.35. The van der Waals surface area contributed by atoms with Crippen molar-refractivity contribution in [2.75, 3.05) is 5.32 Å². The van der Waals surface area contributed by atoms with Gasteiger partial charge >= 0.3 is 6.18 Å². The van der Waals surface area contributed by atoms with E-state index in [4.69, 9.17) is 16.3 Å². The maximum Gasteiger partial charge on any atom is 0.432 e. The molecule has 7 nitrogen and oxygen atoms in total. The second-order valence-corrected chi connectivity index (χ2v) is 7.78. The van der Waals surface area contributed by atoms with Crippen LogP contribution in [0, 0.1) is 0 Å². The number of aromatic nitrogens is 5. The minimum atomic E-state index is -4.52. The molecule has 0 amide bonds. The fourth-order valence-corrected chi connectivity index (χ4v) is 3.56. The summed E-state index contributed by atoms with van der Waals surface area (Å²) in [6, 6.07) is 15.9. The van der Waals surface area contributed by atoms with Crippen molar-refractivity contribution in [3.05, 3.63) is 77.7 Å². The first-order chi connectivity index (χ1) is 16.3. The normalized spacial score (nSPS) is 11.7. The van der Waals surface area contributed by atoms with Crippen molar-refractivity contribution < 1.29 is 17.9 Å². The molecule has 0 atom stereocenters. The van der Waals surface area contributed by atoms with Crippen LogP contribution in [0.5, 0.6) is 11.5 Å². The van der Waals surface area contributed by atoms with E-state index in [0.29, 0.717) is 28.0 Å². The van der Waals surface area contributed by atoms with Gasteiger partial charge < -0.3 is 19.6 Å². The molecule has 0 saturated heterocycles. The number of H-pyrrole nitrogens is 1. The van der Waals surface area contributed by atoms with Crippen LogP contribution in [-0.2, 0) is 13.2 Å². The van der Waals surface area contributed by atoms with Crippen LogP contribution in [0.2, 0.25) is 5.02 Å². The summed E-state index contributed by atoms with van der Waals surface area (Å²) < 4.78 is 46.4. The molecule has 0 spiro atoms. The lowest BCUT2D eigenvalue weighted by Gasteiger charge is -2.08. The summed E-state index contributed by atoms with van der Waals surface area (Å²) in [7, 11) is 1.88. The zero-order chi connectivity index (χ0) is 23.9. The number of aryl methyl sites for hydroxylation is 1. The number of ether oxygens (including phenoxy) is 1. The zero-order valence-corrected chi connectivity index (χ0v) is 18.3. The van der Waals surface area contributed by atoms with E-state index in [-0.39, 0.29) is 11.5 Å². The maximum absolute atomic E-state index is 12.8. The fourth-order valence-electron chi connectivity index (χ4n) is 3.37.